The van der Waals surface area contributed by atoms with E-state index in [1.165, 1.54) is 10.1 Å². The fraction of sp³-hybridized carbons (Fsp3) is 0.571. The summed E-state index contributed by atoms with van der Waals surface area (Å²) >= 11 is 0. The maximum absolute atomic E-state index is 10.5. The molecule has 0 aromatic heterocycles. The Bertz CT molecular complexity index is 524. The lowest BCUT2D eigenvalue weighted by Gasteiger charge is -2.37. The Hall–Kier alpha value is -1.34. The van der Waals surface area contributed by atoms with Crippen LogP contribution < -0.4 is 9.47 Å². The molecular weight excluding hydrogens is 260 g/mol. The van der Waals surface area contributed by atoms with Gasteiger partial charge in [-0.05, 0) is 39.8 Å². The van der Waals surface area contributed by atoms with Crippen molar-refractivity contribution in [3.05, 3.63) is 23.8 Å². The first-order valence-electron chi connectivity index (χ1n) is 6.63. The molecule has 6 heteroatoms. The summed E-state index contributed by atoms with van der Waals surface area (Å²) in [5, 5.41) is 23.4. The van der Waals surface area contributed by atoms with Gasteiger partial charge in [-0.1, -0.05) is 0 Å². The Labute approximate surface area is 118 Å². The number of nitrogens with zero attached hydrogens (tertiary/aromatic N) is 2. The van der Waals surface area contributed by atoms with E-state index in [0.717, 1.165) is 5.75 Å². The molecule has 110 valence electrons. The van der Waals surface area contributed by atoms with E-state index in [0.29, 0.717) is 11.3 Å². The predicted octanol–water partition coefficient (Wildman–Crippen LogP) is 2.37. The van der Waals surface area contributed by atoms with E-state index in [2.05, 4.69) is 0 Å². The molecular formula is C14H20N2O4. The standard InChI is InChI=1S/C14H20N2O4/c1-13(2)14(3,4)16(18)12(15(13)17)10-6-5-9-7-11(10)20-8-19-9/h5-7,12,17-18H,8H2,1-4H3. The minimum absolute atomic E-state index is 0.144. The van der Waals surface area contributed by atoms with E-state index in [-0.39, 0.29) is 6.79 Å². The Kier molecular flexibility index (Phi) is 2.78. The monoisotopic (exact) mass is 280 g/mol. The van der Waals surface area contributed by atoms with Crippen LogP contribution in [0.1, 0.15) is 39.4 Å². The maximum Gasteiger partial charge on any atom is 0.230 e. The minimum Gasteiger partial charge on any atom is -0.457 e. The summed E-state index contributed by atoms with van der Waals surface area (Å²) in [6.45, 7) is 7.70. The van der Waals surface area contributed by atoms with Crippen molar-refractivity contribution < 1.29 is 19.9 Å². The smallest absolute Gasteiger partial charge is 0.230 e. The van der Waals surface area contributed by atoms with Gasteiger partial charge in [-0.3, -0.25) is 0 Å². The molecule has 0 atom stereocenters. The number of hydrogen-bond acceptors (Lipinski definition) is 6. The SMILES string of the molecule is CC1(C)N(O)C(c2ccc3cc2OCO3)N(O)C1(C)C. The average molecular weight is 280 g/mol. The second kappa shape index (κ2) is 4.08. The molecule has 20 heavy (non-hydrogen) atoms. The van der Waals surface area contributed by atoms with Gasteiger partial charge in [-0.25, -0.2) is 0 Å². The fourth-order valence-corrected chi connectivity index (χ4v) is 2.64. The fourth-order valence-electron chi connectivity index (χ4n) is 2.64. The van der Waals surface area contributed by atoms with Crippen molar-refractivity contribution in [3.8, 4) is 11.5 Å². The van der Waals surface area contributed by atoms with E-state index in [1.807, 2.05) is 27.7 Å². The van der Waals surface area contributed by atoms with Gasteiger partial charge in [0, 0.05) is 11.6 Å². The third-order valence-corrected chi connectivity index (χ3v) is 4.81. The Balaban J connectivity index is 2.07. The van der Waals surface area contributed by atoms with Crippen molar-refractivity contribution in [1.82, 2.24) is 10.1 Å². The van der Waals surface area contributed by atoms with Gasteiger partial charge >= 0.3 is 0 Å². The van der Waals surface area contributed by atoms with Gasteiger partial charge in [0.2, 0.25) is 6.79 Å². The van der Waals surface area contributed by atoms with Gasteiger partial charge in [0.25, 0.3) is 0 Å². The van der Waals surface area contributed by atoms with Gasteiger partial charge in [0.1, 0.15) is 17.7 Å². The summed E-state index contributed by atoms with van der Waals surface area (Å²) in [4.78, 5) is 0. The lowest BCUT2D eigenvalue weighted by Crippen LogP contribution is -2.52. The highest BCUT2D eigenvalue weighted by molar-refractivity contribution is 5.44. The average Bonchev–Trinajstić information content (AvgIpc) is 2.51. The lowest BCUT2D eigenvalue weighted by molar-refractivity contribution is -0.224. The highest BCUT2D eigenvalue weighted by atomic mass is 16.7. The van der Waals surface area contributed by atoms with Gasteiger partial charge in [-0.15, -0.1) is 0 Å². The number of hydroxylamine groups is 4. The van der Waals surface area contributed by atoms with Crippen molar-refractivity contribution in [2.24, 2.45) is 0 Å². The first-order chi connectivity index (χ1) is 9.26. The second-order valence-electron chi connectivity index (χ2n) is 6.29. The largest absolute Gasteiger partial charge is 0.457 e. The molecule has 0 radical (unpaired) electrons. The van der Waals surface area contributed by atoms with Crippen LogP contribution in [0.15, 0.2) is 18.2 Å². The third-order valence-electron chi connectivity index (χ3n) is 4.81. The normalized spacial score (nSPS) is 25.3. The highest BCUT2D eigenvalue weighted by Crippen LogP contribution is 2.49. The molecule has 2 N–H and O–H groups in total. The Morgan fingerprint density at radius 1 is 1.05 bits per heavy atom. The molecule has 2 aliphatic heterocycles. The molecule has 1 saturated heterocycles. The van der Waals surface area contributed by atoms with Crippen molar-refractivity contribution in [3.63, 3.8) is 0 Å². The first-order valence-corrected chi connectivity index (χ1v) is 6.63. The Morgan fingerprint density at radius 2 is 1.65 bits per heavy atom. The molecule has 1 aromatic carbocycles. The molecule has 0 spiro atoms. The zero-order chi connectivity index (χ0) is 14.7. The van der Waals surface area contributed by atoms with E-state index in [4.69, 9.17) is 9.47 Å². The Morgan fingerprint density at radius 3 is 2.25 bits per heavy atom. The van der Waals surface area contributed by atoms with Crippen LogP contribution in [0.4, 0.5) is 0 Å². The number of hydrogen-bond donors (Lipinski definition) is 2. The summed E-state index contributed by atoms with van der Waals surface area (Å²) in [5.74, 6) is 1.34. The van der Waals surface area contributed by atoms with Crippen molar-refractivity contribution in [2.75, 3.05) is 6.79 Å². The zero-order valence-electron chi connectivity index (χ0n) is 12.1. The zero-order valence-corrected chi connectivity index (χ0v) is 12.1. The summed E-state index contributed by atoms with van der Waals surface area (Å²) in [6, 6.07) is 5.37. The van der Waals surface area contributed by atoms with Crippen LogP contribution in [0.25, 0.3) is 0 Å². The number of ether oxygens (including phenoxy) is 2. The molecule has 2 aliphatic rings. The molecule has 3 rings (SSSR count). The summed E-state index contributed by atoms with van der Waals surface area (Å²) in [7, 11) is 0. The summed E-state index contributed by atoms with van der Waals surface area (Å²) in [6.07, 6.45) is -0.679. The van der Waals surface area contributed by atoms with Crippen LogP contribution in [0.2, 0.25) is 0 Å². The van der Waals surface area contributed by atoms with Gasteiger partial charge in [-0.2, -0.15) is 10.1 Å². The molecule has 0 saturated carbocycles. The molecule has 2 heterocycles. The third kappa shape index (κ3) is 1.59. The topological polar surface area (TPSA) is 65.4 Å². The van der Waals surface area contributed by atoms with Crippen LogP contribution in [0.5, 0.6) is 11.5 Å². The molecule has 1 aromatic rings. The summed E-state index contributed by atoms with van der Waals surface area (Å²) in [5.41, 5.74) is -0.535. The molecule has 6 nitrogen and oxygen atoms in total. The molecule has 2 bridgehead atoms. The molecule has 0 aliphatic carbocycles. The van der Waals surface area contributed by atoms with E-state index < -0.39 is 17.2 Å². The van der Waals surface area contributed by atoms with E-state index in [1.54, 1.807) is 18.2 Å². The van der Waals surface area contributed by atoms with Gasteiger partial charge in [0.05, 0.1) is 11.1 Å². The molecule has 1 fully saturated rings. The van der Waals surface area contributed by atoms with E-state index in [9.17, 15) is 10.4 Å². The van der Waals surface area contributed by atoms with Crippen molar-refractivity contribution >= 4 is 0 Å². The van der Waals surface area contributed by atoms with Crippen LogP contribution >= 0.6 is 0 Å². The lowest BCUT2D eigenvalue weighted by atomic mass is 9.84. The van der Waals surface area contributed by atoms with Crippen molar-refractivity contribution in [2.45, 2.75) is 44.9 Å². The molecule has 0 amide bonds. The number of fused-ring (bicyclic) bond motifs is 2. The van der Waals surface area contributed by atoms with E-state index >= 15 is 0 Å². The maximum atomic E-state index is 10.5. The molecule has 0 unspecified atom stereocenters. The quantitative estimate of drug-likeness (QED) is 0.823. The van der Waals surface area contributed by atoms with Crippen molar-refractivity contribution in [1.29, 1.82) is 0 Å². The van der Waals surface area contributed by atoms with Crippen LogP contribution in [-0.4, -0.2) is 38.4 Å². The first kappa shape index (κ1) is 13.6. The van der Waals surface area contributed by atoms with Gasteiger partial charge in [0.15, 0.2) is 0 Å². The van der Waals surface area contributed by atoms with Crippen LogP contribution in [-0.2, 0) is 0 Å². The number of benzene rings is 1. The number of rotatable bonds is 1. The van der Waals surface area contributed by atoms with Crippen LogP contribution in [0, 0.1) is 0 Å². The second-order valence-corrected chi connectivity index (χ2v) is 6.29. The minimum atomic E-state index is -0.679. The van der Waals surface area contributed by atoms with Crippen LogP contribution in [0.3, 0.4) is 0 Å². The highest BCUT2D eigenvalue weighted by Gasteiger charge is 2.58. The predicted molar refractivity (Wildman–Crippen MR) is 70.7 cm³/mol. The summed E-state index contributed by atoms with van der Waals surface area (Å²) < 4.78 is 10.7. The van der Waals surface area contributed by atoms with Gasteiger partial charge < -0.3 is 19.9 Å².